The van der Waals surface area contributed by atoms with E-state index in [0.717, 1.165) is 6.42 Å². The van der Waals surface area contributed by atoms with Gasteiger partial charge in [-0.2, -0.15) is 0 Å². The van der Waals surface area contributed by atoms with Crippen LogP contribution in [-0.4, -0.2) is 33.0 Å². The van der Waals surface area contributed by atoms with Crippen LogP contribution in [0.3, 0.4) is 0 Å². The minimum Gasteiger partial charge on any atom is -0.484 e. The van der Waals surface area contributed by atoms with Gasteiger partial charge in [-0.3, -0.25) is 4.79 Å². The van der Waals surface area contributed by atoms with Crippen LogP contribution in [0.4, 0.5) is 4.39 Å². The molecular formula is C21H22ClFN4O2S. The summed E-state index contributed by atoms with van der Waals surface area (Å²) in [5.74, 6) is 0.736. The Hall–Kier alpha value is -2.58. The first-order chi connectivity index (χ1) is 14.6. The highest BCUT2D eigenvalue weighted by Crippen LogP contribution is 2.26. The Balaban J connectivity index is 1.49. The van der Waals surface area contributed by atoms with Gasteiger partial charge in [-0.25, -0.2) is 4.39 Å². The second-order valence-corrected chi connectivity index (χ2v) is 7.73. The van der Waals surface area contributed by atoms with Gasteiger partial charge in [0.15, 0.2) is 11.0 Å². The van der Waals surface area contributed by atoms with Gasteiger partial charge in [0.25, 0.3) is 0 Å². The van der Waals surface area contributed by atoms with Gasteiger partial charge in [0, 0.05) is 13.1 Å². The molecule has 0 saturated carbocycles. The van der Waals surface area contributed by atoms with Crippen LogP contribution in [0, 0.1) is 5.82 Å². The average Bonchev–Trinajstić information content (AvgIpc) is 3.14. The van der Waals surface area contributed by atoms with Crippen molar-refractivity contribution in [2.24, 2.45) is 0 Å². The van der Waals surface area contributed by atoms with Crippen LogP contribution in [0.1, 0.15) is 18.3 Å². The van der Waals surface area contributed by atoms with Crippen LogP contribution in [0.25, 0.3) is 0 Å². The summed E-state index contributed by atoms with van der Waals surface area (Å²) in [4.78, 5) is 12.1. The highest BCUT2D eigenvalue weighted by Gasteiger charge is 2.14. The molecule has 0 aliphatic rings. The van der Waals surface area contributed by atoms with Crippen molar-refractivity contribution in [3.63, 3.8) is 0 Å². The first-order valence-electron chi connectivity index (χ1n) is 9.50. The van der Waals surface area contributed by atoms with Gasteiger partial charge in [0.05, 0.1) is 10.8 Å². The number of hydrogen-bond donors (Lipinski definition) is 1. The van der Waals surface area contributed by atoms with Crippen molar-refractivity contribution in [3.8, 4) is 5.75 Å². The molecule has 0 saturated heterocycles. The fourth-order valence-electron chi connectivity index (χ4n) is 2.76. The topological polar surface area (TPSA) is 69.0 Å². The zero-order valence-corrected chi connectivity index (χ0v) is 18.0. The molecule has 0 spiro atoms. The van der Waals surface area contributed by atoms with E-state index in [1.807, 2.05) is 41.8 Å². The van der Waals surface area contributed by atoms with Crippen molar-refractivity contribution in [3.05, 3.63) is 70.8 Å². The van der Waals surface area contributed by atoms with Crippen molar-refractivity contribution in [2.45, 2.75) is 31.7 Å². The van der Waals surface area contributed by atoms with Gasteiger partial charge < -0.3 is 14.6 Å². The number of nitrogens with one attached hydrogen (secondary N) is 1. The molecule has 0 aliphatic carbocycles. The molecule has 1 aromatic heterocycles. The third kappa shape index (κ3) is 6.21. The second-order valence-electron chi connectivity index (χ2n) is 6.38. The predicted octanol–water partition coefficient (Wildman–Crippen LogP) is 4.12. The number of amides is 1. The molecule has 1 N–H and O–H groups in total. The second kappa shape index (κ2) is 11.0. The van der Waals surface area contributed by atoms with Crippen LogP contribution < -0.4 is 10.1 Å². The summed E-state index contributed by atoms with van der Waals surface area (Å²) in [6, 6.07) is 13.9. The molecular weight excluding hydrogens is 427 g/mol. The van der Waals surface area contributed by atoms with Gasteiger partial charge in [0.1, 0.15) is 18.2 Å². The van der Waals surface area contributed by atoms with Gasteiger partial charge in [0.2, 0.25) is 5.91 Å². The van der Waals surface area contributed by atoms with Crippen LogP contribution in [0.5, 0.6) is 5.75 Å². The molecule has 0 aliphatic heterocycles. The molecule has 6 nitrogen and oxygen atoms in total. The molecule has 0 radical (unpaired) electrons. The van der Waals surface area contributed by atoms with Crippen molar-refractivity contribution < 1.29 is 13.9 Å². The molecule has 1 amide bonds. The fourth-order valence-corrected chi connectivity index (χ4v) is 3.83. The molecule has 0 atom stereocenters. The monoisotopic (exact) mass is 448 g/mol. The number of benzene rings is 2. The van der Waals surface area contributed by atoms with Crippen LogP contribution >= 0.6 is 23.4 Å². The summed E-state index contributed by atoms with van der Waals surface area (Å²) in [6.45, 7) is 3.31. The van der Waals surface area contributed by atoms with E-state index < -0.39 is 5.82 Å². The number of halogens is 2. The van der Waals surface area contributed by atoms with Crippen molar-refractivity contribution in [1.82, 2.24) is 20.1 Å². The van der Waals surface area contributed by atoms with Crippen LogP contribution in [-0.2, 0) is 24.4 Å². The minimum absolute atomic E-state index is 0.0579. The van der Waals surface area contributed by atoms with Crippen LogP contribution in [0.15, 0.2) is 53.7 Å². The normalized spacial score (nSPS) is 10.8. The van der Waals surface area contributed by atoms with Crippen molar-refractivity contribution in [1.29, 1.82) is 0 Å². The lowest BCUT2D eigenvalue weighted by molar-refractivity contribution is -0.118. The number of nitrogens with zero attached hydrogens (tertiary/aromatic N) is 3. The molecule has 0 bridgehead atoms. The molecule has 2 aromatic carbocycles. The molecule has 0 unspecified atom stereocenters. The first-order valence-corrected chi connectivity index (χ1v) is 10.9. The SMILES string of the molecule is CCn1c(COc2ccc(F)cc2Cl)nnc1SCC(=O)NCCc1ccccc1. The largest absolute Gasteiger partial charge is 0.484 e. The maximum Gasteiger partial charge on any atom is 0.230 e. The summed E-state index contributed by atoms with van der Waals surface area (Å²) in [5.41, 5.74) is 1.18. The smallest absolute Gasteiger partial charge is 0.230 e. The molecule has 1 heterocycles. The number of carbonyl (C=O) groups excluding carboxylic acids is 1. The van der Waals surface area contributed by atoms with E-state index in [2.05, 4.69) is 15.5 Å². The molecule has 0 fully saturated rings. The standard InChI is InChI=1S/C21H22ClFN4O2S/c1-2-27-19(13-29-18-9-8-16(23)12-17(18)22)25-26-21(27)30-14-20(28)24-11-10-15-6-4-3-5-7-15/h3-9,12H,2,10-11,13-14H2,1H3,(H,24,28). The Morgan fingerprint density at radius 1 is 1.23 bits per heavy atom. The third-order valence-corrected chi connectivity index (χ3v) is 5.53. The zero-order chi connectivity index (χ0) is 21.3. The van der Waals surface area contributed by atoms with E-state index in [-0.39, 0.29) is 23.3 Å². The summed E-state index contributed by atoms with van der Waals surface area (Å²) >= 11 is 7.30. The van der Waals surface area contributed by atoms with E-state index >= 15 is 0 Å². The van der Waals surface area contributed by atoms with Gasteiger partial charge in [-0.15, -0.1) is 10.2 Å². The Bertz CT molecular complexity index is 984. The maximum atomic E-state index is 13.1. The summed E-state index contributed by atoms with van der Waals surface area (Å²) < 4.78 is 20.7. The molecule has 3 rings (SSSR count). The van der Waals surface area contributed by atoms with Crippen LogP contribution in [0.2, 0.25) is 5.02 Å². The number of hydrogen-bond acceptors (Lipinski definition) is 5. The highest BCUT2D eigenvalue weighted by molar-refractivity contribution is 7.99. The lowest BCUT2D eigenvalue weighted by Crippen LogP contribution is -2.27. The zero-order valence-electron chi connectivity index (χ0n) is 16.5. The van der Waals surface area contributed by atoms with Crippen molar-refractivity contribution >= 4 is 29.3 Å². The Labute approximate surface area is 183 Å². The Morgan fingerprint density at radius 3 is 2.77 bits per heavy atom. The summed E-state index contributed by atoms with van der Waals surface area (Å²) in [6.07, 6.45) is 0.788. The fraction of sp³-hybridized carbons (Fsp3) is 0.286. The Kier molecular flexibility index (Phi) is 8.10. The number of thioether (sulfide) groups is 1. The predicted molar refractivity (Wildman–Crippen MR) is 115 cm³/mol. The molecule has 9 heteroatoms. The number of carbonyl (C=O) groups is 1. The van der Waals surface area contributed by atoms with Gasteiger partial charge >= 0.3 is 0 Å². The van der Waals surface area contributed by atoms with Crippen molar-refractivity contribution in [2.75, 3.05) is 12.3 Å². The van der Waals surface area contributed by atoms with E-state index in [0.29, 0.717) is 29.8 Å². The lowest BCUT2D eigenvalue weighted by atomic mass is 10.1. The number of ether oxygens (including phenoxy) is 1. The maximum absolute atomic E-state index is 13.1. The highest BCUT2D eigenvalue weighted by atomic mass is 35.5. The third-order valence-electron chi connectivity index (χ3n) is 4.27. The van der Waals surface area contributed by atoms with E-state index in [1.54, 1.807) is 0 Å². The summed E-state index contributed by atoms with van der Waals surface area (Å²) in [5, 5.41) is 12.1. The van der Waals surface area contributed by atoms with E-state index in [1.165, 1.54) is 35.5 Å². The van der Waals surface area contributed by atoms with Gasteiger partial charge in [-0.05, 0) is 37.1 Å². The number of aromatic nitrogens is 3. The molecule has 30 heavy (non-hydrogen) atoms. The quantitative estimate of drug-likeness (QED) is 0.472. The molecule has 158 valence electrons. The first kappa shape index (κ1) is 22.1. The Morgan fingerprint density at radius 2 is 2.03 bits per heavy atom. The van der Waals surface area contributed by atoms with E-state index in [9.17, 15) is 9.18 Å². The number of rotatable bonds is 10. The van der Waals surface area contributed by atoms with Gasteiger partial charge in [-0.1, -0.05) is 53.7 Å². The minimum atomic E-state index is -0.426. The molecule has 3 aromatic rings. The lowest BCUT2D eigenvalue weighted by Gasteiger charge is -2.10. The van der Waals surface area contributed by atoms with E-state index in [4.69, 9.17) is 16.3 Å². The summed E-state index contributed by atoms with van der Waals surface area (Å²) in [7, 11) is 0. The average molecular weight is 449 g/mol.